The van der Waals surface area contributed by atoms with Gasteiger partial charge in [-0.15, -0.1) is 0 Å². The second-order valence-corrected chi connectivity index (χ2v) is 11.2. The fourth-order valence-electron chi connectivity index (χ4n) is 4.56. The Kier molecular flexibility index (Phi) is 11.7. The van der Waals surface area contributed by atoms with Crippen molar-refractivity contribution in [3.05, 3.63) is 84.3 Å². The number of ether oxygens (including phenoxy) is 4. The van der Waals surface area contributed by atoms with Gasteiger partial charge in [0, 0.05) is 18.5 Å². The van der Waals surface area contributed by atoms with E-state index in [1.807, 2.05) is 46.8 Å². The number of halogens is 4. The number of methoxy groups -OCH3 is 2. The smallest absolute Gasteiger partial charge is 0.345 e. The van der Waals surface area contributed by atoms with Crippen LogP contribution in [0.2, 0.25) is 20.1 Å². The van der Waals surface area contributed by atoms with Gasteiger partial charge in [-0.1, -0.05) is 60.3 Å². The molecular weight excluding hydrogens is 624 g/mol. The van der Waals surface area contributed by atoms with Crippen molar-refractivity contribution in [3.63, 3.8) is 0 Å². The Morgan fingerprint density at radius 2 is 1.05 bits per heavy atom. The van der Waals surface area contributed by atoms with Crippen LogP contribution in [-0.4, -0.2) is 38.6 Å². The van der Waals surface area contributed by atoms with Gasteiger partial charge in [-0.05, 0) is 73.9 Å². The molecule has 3 aromatic rings. The van der Waals surface area contributed by atoms with Crippen LogP contribution in [0.3, 0.4) is 0 Å². The zero-order valence-electron chi connectivity index (χ0n) is 24.4. The highest BCUT2D eigenvalue weighted by Gasteiger charge is 2.34. The lowest BCUT2D eigenvalue weighted by Gasteiger charge is -2.38. The molecule has 0 N–H and O–H groups in total. The Morgan fingerprint density at radius 3 is 1.38 bits per heavy atom. The molecule has 42 heavy (non-hydrogen) atoms. The van der Waals surface area contributed by atoms with Gasteiger partial charge in [-0.3, -0.25) is 0 Å². The predicted molar refractivity (Wildman–Crippen MR) is 168 cm³/mol. The Bertz CT molecular complexity index is 1370. The molecule has 0 aliphatic rings. The molecule has 0 heterocycles. The lowest BCUT2D eigenvalue weighted by molar-refractivity contribution is -0.000496. The number of aryl methyl sites for hydroxylation is 2. The van der Waals surface area contributed by atoms with Crippen LogP contribution in [0.5, 0.6) is 11.5 Å². The van der Waals surface area contributed by atoms with Crippen LogP contribution in [-0.2, 0) is 9.47 Å². The molecule has 0 saturated carbocycles. The van der Waals surface area contributed by atoms with Crippen LogP contribution in [0.4, 0.5) is 5.69 Å². The standard InChI is InChI=1S/C31H33Cl4NO6/c1-8-24(41-30(37)26-20(32)10-12-22(34)28(26)39-6)36(19-14-16(3)18(5)17(4)15-19)25(9-2)42-31(38)27-21(33)11-13-23(35)29(27)40-7/h10-15,24-25H,8-9H2,1-7H3. The lowest BCUT2D eigenvalue weighted by Crippen LogP contribution is -2.47. The van der Waals surface area contributed by atoms with Gasteiger partial charge in [0.05, 0.1) is 34.3 Å². The van der Waals surface area contributed by atoms with Crippen LogP contribution >= 0.6 is 46.4 Å². The first-order valence-electron chi connectivity index (χ1n) is 13.2. The van der Waals surface area contributed by atoms with Crippen molar-refractivity contribution in [1.82, 2.24) is 0 Å². The summed E-state index contributed by atoms with van der Waals surface area (Å²) in [6.07, 6.45) is -1.14. The summed E-state index contributed by atoms with van der Waals surface area (Å²) in [5, 5.41) is 0.643. The highest BCUT2D eigenvalue weighted by Crippen LogP contribution is 2.37. The van der Waals surface area contributed by atoms with Crippen molar-refractivity contribution in [2.75, 3.05) is 19.1 Å². The minimum Gasteiger partial charge on any atom is -0.494 e. The Balaban J connectivity index is 2.12. The molecule has 0 amide bonds. The van der Waals surface area contributed by atoms with Gasteiger partial charge in [0.1, 0.15) is 11.1 Å². The van der Waals surface area contributed by atoms with E-state index < -0.39 is 24.4 Å². The van der Waals surface area contributed by atoms with E-state index in [-0.39, 0.29) is 42.7 Å². The van der Waals surface area contributed by atoms with Gasteiger partial charge in [0.25, 0.3) is 0 Å². The average Bonchev–Trinajstić information content (AvgIpc) is 2.96. The van der Waals surface area contributed by atoms with E-state index in [1.165, 1.54) is 38.5 Å². The number of benzene rings is 3. The molecule has 7 nitrogen and oxygen atoms in total. The molecule has 2 unspecified atom stereocenters. The van der Waals surface area contributed by atoms with Gasteiger partial charge < -0.3 is 23.8 Å². The maximum atomic E-state index is 13.6. The topological polar surface area (TPSA) is 74.3 Å². The highest BCUT2D eigenvalue weighted by atomic mass is 35.5. The van der Waals surface area contributed by atoms with Crippen LogP contribution in [0, 0.1) is 20.8 Å². The molecule has 3 aromatic carbocycles. The summed E-state index contributed by atoms with van der Waals surface area (Å²) >= 11 is 25.3. The number of hydrogen-bond donors (Lipinski definition) is 0. The zero-order chi connectivity index (χ0) is 31.3. The average molecular weight is 657 g/mol. The largest absolute Gasteiger partial charge is 0.494 e. The molecule has 3 rings (SSSR count). The van der Waals surface area contributed by atoms with E-state index in [0.29, 0.717) is 18.5 Å². The molecule has 11 heteroatoms. The quantitative estimate of drug-likeness (QED) is 0.150. The molecule has 0 fully saturated rings. The molecule has 0 bridgehead atoms. The molecule has 0 aromatic heterocycles. The Hall–Kier alpha value is -2.84. The Labute approximate surface area is 266 Å². The van der Waals surface area contributed by atoms with E-state index in [9.17, 15) is 9.59 Å². The number of rotatable bonds is 11. The van der Waals surface area contributed by atoms with Crippen molar-refractivity contribution in [1.29, 1.82) is 0 Å². The zero-order valence-corrected chi connectivity index (χ0v) is 27.5. The van der Waals surface area contributed by atoms with Gasteiger partial charge in [0.15, 0.2) is 24.0 Å². The molecule has 0 saturated heterocycles. The summed E-state index contributed by atoms with van der Waals surface area (Å²) in [5.74, 6) is -1.31. The lowest BCUT2D eigenvalue weighted by atomic mass is 10.0. The number of anilines is 1. The van der Waals surface area contributed by atoms with E-state index in [2.05, 4.69) is 0 Å². The van der Waals surface area contributed by atoms with Crippen molar-refractivity contribution in [3.8, 4) is 11.5 Å². The minimum absolute atomic E-state index is 0.0122. The van der Waals surface area contributed by atoms with Crippen molar-refractivity contribution >= 4 is 64.0 Å². The van der Waals surface area contributed by atoms with Crippen LogP contribution in [0.15, 0.2) is 36.4 Å². The van der Waals surface area contributed by atoms with E-state index in [0.717, 1.165) is 16.7 Å². The minimum atomic E-state index is -0.895. The normalized spacial score (nSPS) is 12.4. The van der Waals surface area contributed by atoms with Gasteiger partial charge in [-0.25, -0.2) is 9.59 Å². The van der Waals surface area contributed by atoms with Gasteiger partial charge in [-0.2, -0.15) is 0 Å². The number of carbonyl (C=O) groups is 2. The highest BCUT2D eigenvalue weighted by molar-refractivity contribution is 6.37. The third-order valence-electron chi connectivity index (χ3n) is 6.95. The maximum absolute atomic E-state index is 13.6. The molecule has 0 radical (unpaired) electrons. The number of nitrogens with zero attached hydrogens (tertiary/aromatic N) is 1. The third kappa shape index (κ3) is 7.03. The number of esters is 2. The summed E-state index contributed by atoms with van der Waals surface area (Å²) in [5.41, 5.74) is 3.79. The van der Waals surface area contributed by atoms with Gasteiger partial charge >= 0.3 is 11.9 Å². The maximum Gasteiger partial charge on any atom is 0.345 e. The molecular formula is C31H33Cl4NO6. The van der Waals surface area contributed by atoms with E-state index >= 15 is 0 Å². The first-order chi connectivity index (χ1) is 19.9. The second-order valence-electron chi connectivity index (χ2n) is 9.52. The first-order valence-corrected chi connectivity index (χ1v) is 14.7. The summed E-state index contributed by atoms with van der Waals surface area (Å²) < 4.78 is 22.8. The predicted octanol–water partition coefficient (Wildman–Crippen LogP) is 9.24. The molecule has 0 spiro atoms. The summed E-state index contributed by atoms with van der Waals surface area (Å²) in [4.78, 5) is 28.9. The summed E-state index contributed by atoms with van der Waals surface area (Å²) in [6.45, 7) is 9.69. The van der Waals surface area contributed by atoms with E-state index in [4.69, 9.17) is 65.4 Å². The third-order valence-corrected chi connectivity index (χ3v) is 8.17. The summed E-state index contributed by atoms with van der Waals surface area (Å²) in [7, 11) is 2.77. The monoisotopic (exact) mass is 655 g/mol. The SMILES string of the molecule is CCC(OC(=O)c1c(Cl)ccc(Cl)c1OC)N(c1cc(C)c(C)c(C)c1)C(CC)OC(=O)c1c(Cl)ccc(Cl)c1OC. The van der Waals surface area contributed by atoms with Gasteiger partial charge in [0.2, 0.25) is 0 Å². The number of carbonyl (C=O) groups excluding carboxylic acids is 2. The molecule has 2 atom stereocenters. The molecule has 0 aliphatic carbocycles. The number of hydrogen-bond acceptors (Lipinski definition) is 7. The van der Waals surface area contributed by atoms with Crippen LogP contribution < -0.4 is 14.4 Å². The fourth-order valence-corrected chi connectivity index (χ4v) is 5.49. The first kappa shape index (κ1) is 33.7. The van der Waals surface area contributed by atoms with Crippen molar-refractivity contribution < 1.29 is 28.5 Å². The molecule has 226 valence electrons. The van der Waals surface area contributed by atoms with Crippen LogP contribution in [0.1, 0.15) is 64.1 Å². The summed E-state index contributed by atoms with van der Waals surface area (Å²) in [6, 6.07) is 9.95. The second kappa shape index (κ2) is 14.6. The van der Waals surface area contributed by atoms with E-state index in [1.54, 1.807) is 4.90 Å². The van der Waals surface area contributed by atoms with Crippen molar-refractivity contribution in [2.45, 2.75) is 59.9 Å². The fraction of sp³-hybridized carbons (Fsp3) is 0.355. The van der Waals surface area contributed by atoms with Crippen LogP contribution in [0.25, 0.3) is 0 Å². The molecule has 0 aliphatic heterocycles. The Morgan fingerprint density at radius 1 is 0.690 bits per heavy atom. The van der Waals surface area contributed by atoms with Crippen molar-refractivity contribution in [2.24, 2.45) is 0 Å².